The average molecular weight is 244 g/mol. The largest absolute Gasteiger partial charge is 0.481 e. The minimum atomic E-state index is -0.863. The first-order chi connectivity index (χ1) is 7.00. The normalized spacial score (nSPS) is 12.0. The van der Waals surface area contributed by atoms with Crippen molar-refractivity contribution in [3.8, 4) is 0 Å². The van der Waals surface area contributed by atoms with Crippen LogP contribution in [-0.4, -0.2) is 11.1 Å². The Kier molecular flexibility index (Phi) is 6.08. The van der Waals surface area contributed by atoms with Crippen LogP contribution >= 0.6 is 12.4 Å². The first-order valence-electron chi connectivity index (χ1n) is 5.08. The predicted octanol–water partition coefficient (Wildman–Crippen LogP) is 2.71. The van der Waals surface area contributed by atoms with Gasteiger partial charge in [0.2, 0.25) is 0 Å². The summed E-state index contributed by atoms with van der Waals surface area (Å²) in [6, 6.07) is 7.40. The quantitative estimate of drug-likeness (QED) is 0.855. The summed E-state index contributed by atoms with van der Waals surface area (Å²) in [6.07, 6.45) is -0.0262. The van der Waals surface area contributed by atoms with Crippen molar-refractivity contribution in [3.63, 3.8) is 0 Å². The maximum Gasteiger partial charge on any atom is 0.305 e. The van der Waals surface area contributed by atoms with Crippen molar-refractivity contribution in [3.05, 3.63) is 35.4 Å². The third-order valence-corrected chi connectivity index (χ3v) is 2.40. The molecular weight excluding hydrogens is 226 g/mol. The fourth-order valence-corrected chi connectivity index (χ4v) is 1.45. The van der Waals surface area contributed by atoms with E-state index >= 15 is 0 Å². The highest BCUT2D eigenvalue weighted by molar-refractivity contribution is 5.85. The van der Waals surface area contributed by atoms with Crippen molar-refractivity contribution in [2.75, 3.05) is 0 Å². The van der Waals surface area contributed by atoms with E-state index in [2.05, 4.69) is 13.8 Å². The van der Waals surface area contributed by atoms with Crippen molar-refractivity contribution in [2.24, 2.45) is 5.73 Å². The molecule has 16 heavy (non-hydrogen) atoms. The molecule has 3 N–H and O–H groups in total. The third kappa shape index (κ3) is 4.21. The zero-order valence-corrected chi connectivity index (χ0v) is 10.3. The zero-order valence-electron chi connectivity index (χ0n) is 9.51. The molecular formula is C12H18ClNO2. The van der Waals surface area contributed by atoms with Crippen LogP contribution in [0.5, 0.6) is 0 Å². The topological polar surface area (TPSA) is 63.3 Å². The maximum atomic E-state index is 10.5. The standard InChI is InChI=1S/C12H17NO2.ClH/c1-8(2)9-4-3-5-10(6-9)11(13)7-12(14)15;/h3-6,8,11H,7,13H2,1-2H3,(H,14,15);1H/t11-;/m0./s1. The van der Waals surface area contributed by atoms with Crippen LogP contribution in [0.25, 0.3) is 0 Å². The second kappa shape index (κ2) is 6.51. The molecule has 0 bridgehead atoms. The number of nitrogens with two attached hydrogens (primary N) is 1. The van der Waals surface area contributed by atoms with Gasteiger partial charge in [0.25, 0.3) is 0 Å². The average Bonchev–Trinajstić information content (AvgIpc) is 2.17. The van der Waals surface area contributed by atoms with Gasteiger partial charge in [-0.2, -0.15) is 0 Å². The van der Waals surface area contributed by atoms with E-state index < -0.39 is 12.0 Å². The second-order valence-corrected chi connectivity index (χ2v) is 4.03. The lowest BCUT2D eigenvalue weighted by molar-refractivity contribution is -0.137. The second-order valence-electron chi connectivity index (χ2n) is 4.03. The van der Waals surface area contributed by atoms with E-state index in [0.29, 0.717) is 5.92 Å². The highest BCUT2D eigenvalue weighted by Gasteiger charge is 2.11. The zero-order chi connectivity index (χ0) is 11.4. The molecule has 0 fully saturated rings. The molecule has 1 aromatic rings. The van der Waals surface area contributed by atoms with Crippen LogP contribution in [0, 0.1) is 0 Å². The number of aliphatic carboxylic acids is 1. The van der Waals surface area contributed by atoms with Gasteiger partial charge in [0.05, 0.1) is 6.42 Å². The Morgan fingerprint density at radius 1 is 1.38 bits per heavy atom. The molecule has 0 saturated carbocycles. The minimum Gasteiger partial charge on any atom is -0.481 e. The number of rotatable bonds is 4. The molecule has 0 unspecified atom stereocenters. The molecule has 1 aromatic carbocycles. The number of carboxylic acids is 1. The summed E-state index contributed by atoms with van der Waals surface area (Å²) in [6.45, 7) is 4.20. The number of halogens is 1. The lowest BCUT2D eigenvalue weighted by atomic mass is 9.97. The molecule has 0 aromatic heterocycles. The molecule has 3 nitrogen and oxygen atoms in total. The number of benzene rings is 1. The smallest absolute Gasteiger partial charge is 0.305 e. The number of carboxylic acid groups (broad SMARTS) is 1. The van der Waals surface area contributed by atoms with Gasteiger partial charge >= 0.3 is 5.97 Å². The van der Waals surface area contributed by atoms with Crippen LogP contribution in [0.15, 0.2) is 24.3 Å². The summed E-state index contributed by atoms with van der Waals surface area (Å²) in [5.41, 5.74) is 7.86. The molecule has 0 spiro atoms. The Bertz CT molecular complexity index is 353. The molecule has 0 amide bonds. The van der Waals surface area contributed by atoms with Crippen molar-refractivity contribution < 1.29 is 9.90 Å². The minimum absolute atomic E-state index is 0. The van der Waals surface area contributed by atoms with Crippen molar-refractivity contribution in [1.29, 1.82) is 0 Å². The van der Waals surface area contributed by atoms with Gasteiger partial charge in [0, 0.05) is 6.04 Å². The van der Waals surface area contributed by atoms with Gasteiger partial charge in [0.1, 0.15) is 0 Å². The Morgan fingerprint density at radius 3 is 2.44 bits per heavy atom. The third-order valence-electron chi connectivity index (χ3n) is 2.40. The highest BCUT2D eigenvalue weighted by Crippen LogP contribution is 2.20. The van der Waals surface area contributed by atoms with Crippen LogP contribution in [0.4, 0.5) is 0 Å². The lowest BCUT2D eigenvalue weighted by Gasteiger charge is -2.12. The van der Waals surface area contributed by atoms with Crippen LogP contribution < -0.4 is 5.73 Å². The monoisotopic (exact) mass is 243 g/mol. The SMILES string of the molecule is CC(C)c1cccc([C@@H](N)CC(=O)O)c1.Cl. The summed E-state index contributed by atoms with van der Waals surface area (Å²) < 4.78 is 0. The highest BCUT2D eigenvalue weighted by atomic mass is 35.5. The first kappa shape index (κ1) is 14.9. The molecule has 0 aliphatic carbocycles. The van der Waals surface area contributed by atoms with E-state index in [1.807, 2.05) is 24.3 Å². The molecule has 4 heteroatoms. The van der Waals surface area contributed by atoms with Gasteiger partial charge in [-0.1, -0.05) is 38.1 Å². The Labute approximate surface area is 102 Å². The molecule has 0 radical (unpaired) electrons. The molecule has 90 valence electrons. The van der Waals surface area contributed by atoms with E-state index in [9.17, 15) is 4.79 Å². The summed E-state index contributed by atoms with van der Waals surface area (Å²) in [7, 11) is 0. The Morgan fingerprint density at radius 2 is 1.94 bits per heavy atom. The van der Waals surface area contributed by atoms with Crippen LogP contribution in [0.3, 0.4) is 0 Å². The van der Waals surface area contributed by atoms with Crippen molar-refractivity contribution in [1.82, 2.24) is 0 Å². The number of hydrogen-bond acceptors (Lipinski definition) is 2. The number of carbonyl (C=O) groups is 1. The van der Waals surface area contributed by atoms with Crippen LogP contribution in [0.1, 0.15) is 43.4 Å². The lowest BCUT2D eigenvalue weighted by Crippen LogP contribution is -2.15. The van der Waals surface area contributed by atoms with Gasteiger partial charge in [0.15, 0.2) is 0 Å². The van der Waals surface area contributed by atoms with Gasteiger partial charge in [-0.15, -0.1) is 12.4 Å². The maximum absolute atomic E-state index is 10.5. The Hall–Kier alpha value is -1.06. The van der Waals surface area contributed by atoms with E-state index in [4.69, 9.17) is 10.8 Å². The summed E-state index contributed by atoms with van der Waals surface area (Å²) >= 11 is 0. The van der Waals surface area contributed by atoms with E-state index in [-0.39, 0.29) is 18.8 Å². The molecule has 1 rings (SSSR count). The fraction of sp³-hybridized carbons (Fsp3) is 0.417. The predicted molar refractivity (Wildman–Crippen MR) is 67.0 cm³/mol. The van der Waals surface area contributed by atoms with Crippen molar-refractivity contribution >= 4 is 18.4 Å². The van der Waals surface area contributed by atoms with Gasteiger partial charge in [-0.05, 0) is 17.0 Å². The van der Waals surface area contributed by atoms with E-state index in [1.165, 1.54) is 5.56 Å². The molecule has 1 atom stereocenters. The fourth-order valence-electron chi connectivity index (χ4n) is 1.45. The van der Waals surface area contributed by atoms with Gasteiger partial charge in [-0.3, -0.25) is 4.79 Å². The van der Waals surface area contributed by atoms with E-state index in [0.717, 1.165) is 5.56 Å². The van der Waals surface area contributed by atoms with Crippen molar-refractivity contribution in [2.45, 2.75) is 32.2 Å². The van der Waals surface area contributed by atoms with Crippen LogP contribution in [-0.2, 0) is 4.79 Å². The Balaban J connectivity index is 0.00000225. The molecule has 0 heterocycles. The number of hydrogen-bond donors (Lipinski definition) is 2. The van der Waals surface area contributed by atoms with Gasteiger partial charge < -0.3 is 10.8 Å². The van der Waals surface area contributed by atoms with Crippen LogP contribution in [0.2, 0.25) is 0 Å². The molecule has 0 aliphatic heterocycles. The molecule has 0 aliphatic rings. The summed E-state index contributed by atoms with van der Waals surface area (Å²) in [5.74, 6) is -0.431. The summed E-state index contributed by atoms with van der Waals surface area (Å²) in [5, 5.41) is 8.64. The van der Waals surface area contributed by atoms with Gasteiger partial charge in [-0.25, -0.2) is 0 Å². The summed E-state index contributed by atoms with van der Waals surface area (Å²) in [4.78, 5) is 10.5. The molecule has 0 saturated heterocycles. The van der Waals surface area contributed by atoms with E-state index in [1.54, 1.807) is 0 Å². The first-order valence-corrected chi connectivity index (χ1v) is 5.08.